The molecule has 5 heteroatoms. The van der Waals surface area contributed by atoms with Crippen LogP contribution in [0.3, 0.4) is 0 Å². The zero-order valence-electron chi connectivity index (χ0n) is 9.10. The third kappa shape index (κ3) is 1.72. The van der Waals surface area contributed by atoms with Gasteiger partial charge in [-0.05, 0) is 25.0 Å². The van der Waals surface area contributed by atoms with Crippen molar-refractivity contribution in [1.29, 1.82) is 0 Å². The van der Waals surface area contributed by atoms with Crippen molar-refractivity contribution in [3.05, 3.63) is 18.2 Å². The summed E-state index contributed by atoms with van der Waals surface area (Å²) >= 11 is 0. The van der Waals surface area contributed by atoms with E-state index < -0.39 is 0 Å². The largest absolute Gasteiger partial charge is 0.371 e. The number of nitrogens with two attached hydrogens (primary N) is 1. The predicted molar refractivity (Wildman–Crippen MR) is 62.2 cm³/mol. The van der Waals surface area contributed by atoms with Gasteiger partial charge in [0.05, 0.1) is 12.2 Å². The number of nitrogen functional groups attached to an aromatic ring is 1. The first-order chi connectivity index (χ1) is 7.85. The van der Waals surface area contributed by atoms with Crippen LogP contribution in [0.5, 0.6) is 0 Å². The maximum absolute atomic E-state index is 5.80. The highest BCUT2D eigenvalue weighted by atomic mass is 16.5. The molecule has 5 nitrogen and oxygen atoms in total. The van der Waals surface area contributed by atoms with Crippen molar-refractivity contribution in [3.8, 4) is 0 Å². The molecule has 2 fully saturated rings. The van der Waals surface area contributed by atoms with E-state index in [1.165, 1.54) is 12.8 Å². The molecule has 3 rings (SSSR count). The first kappa shape index (κ1) is 9.86. The van der Waals surface area contributed by atoms with Crippen LogP contribution in [0.1, 0.15) is 12.8 Å². The molecular weight excluding hydrogens is 204 g/mol. The lowest BCUT2D eigenvalue weighted by molar-refractivity contribution is 0.0302. The Morgan fingerprint density at radius 3 is 2.75 bits per heavy atom. The number of hydrazine groups is 1. The maximum Gasteiger partial charge on any atom is 0.142 e. The van der Waals surface area contributed by atoms with E-state index in [2.05, 4.69) is 15.3 Å². The molecule has 2 aliphatic heterocycles. The number of nitrogens with zero attached hydrogens (tertiary/aromatic N) is 2. The van der Waals surface area contributed by atoms with Crippen LogP contribution in [-0.4, -0.2) is 30.3 Å². The molecule has 0 aromatic carbocycles. The summed E-state index contributed by atoms with van der Waals surface area (Å²) in [7, 11) is 0. The number of hydrogen-bond donors (Lipinski definition) is 2. The number of fused-ring (bicyclic) bond motifs is 2. The molecule has 2 bridgehead atoms. The first-order valence-corrected chi connectivity index (χ1v) is 5.69. The summed E-state index contributed by atoms with van der Waals surface area (Å²) in [5, 5.41) is 0. The molecular formula is C11H16N4O. The van der Waals surface area contributed by atoms with Crippen molar-refractivity contribution in [1.82, 2.24) is 4.98 Å². The molecule has 0 saturated carbocycles. The molecule has 0 radical (unpaired) electrons. The van der Waals surface area contributed by atoms with Crippen LogP contribution in [-0.2, 0) is 4.74 Å². The van der Waals surface area contributed by atoms with Crippen molar-refractivity contribution < 1.29 is 4.74 Å². The molecule has 1 aromatic rings. The Hall–Kier alpha value is -1.33. The van der Waals surface area contributed by atoms with Crippen LogP contribution in [0.4, 0.5) is 11.6 Å². The highest BCUT2D eigenvalue weighted by Crippen LogP contribution is 2.28. The summed E-state index contributed by atoms with van der Waals surface area (Å²) in [6, 6.07) is 5.85. The highest BCUT2D eigenvalue weighted by molar-refractivity contribution is 5.47. The molecule has 0 amide bonds. The highest BCUT2D eigenvalue weighted by Gasteiger charge is 2.34. The fraction of sp³-hybridized carbons (Fsp3) is 0.545. The fourth-order valence-corrected chi connectivity index (χ4v) is 2.48. The molecule has 16 heavy (non-hydrogen) atoms. The third-order valence-electron chi connectivity index (χ3n) is 3.25. The number of pyridine rings is 1. The Bertz CT molecular complexity index is 372. The molecule has 2 saturated heterocycles. The molecule has 0 spiro atoms. The average Bonchev–Trinajstić information content (AvgIpc) is 2.68. The Morgan fingerprint density at radius 1 is 1.31 bits per heavy atom. The maximum atomic E-state index is 5.80. The average molecular weight is 220 g/mol. The van der Waals surface area contributed by atoms with Gasteiger partial charge in [-0.15, -0.1) is 0 Å². The van der Waals surface area contributed by atoms with Crippen molar-refractivity contribution in [3.63, 3.8) is 0 Å². The van der Waals surface area contributed by atoms with Crippen LogP contribution >= 0.6 is 0 Å². The van der Waals surface area contributed by atoms with Crippen LogP contribution in [0.2, 0.25) is 0 Å². The van der Waals surface area contributed by atoms with Gasteiger partial charge in [0.2, 0.25) is 0 Å². The number of aromatic nitrogens is 1. The van der Waals surface area contributed by atoms with E-state index >= 15 is 0 Å². The van der Waals surface area contributed by atoms with E-state index in [9.17, 15) is 0 Å². The summed E-state index contributed by atoms with van der Waals surface area (Å²) in [5.41, 5.74) is 2.58. The molecule has 2 unspecified atom stereocenters. The molecule has 3 heterocycles. The van der Waals surface area contributed by atoms with E-state index in [0.717, 1.165) is 18.9 Å². The second-order valence-electron chi connectivity index (χ2n) is 4.39. The quantitative estimate of drug-likeness (QED) is 0.568. The molecule has 2 atom stereocenters. The number of nitrogens with one attached hydrogen (secondary N) is 1. The monoisotopic (exact) mass is 220 g/mol. The van der Waals surface area contributed by atoms with E-state index in [-0.39, 0.29) is 0 Å². The van der Waals surface area contributed by atoms with Gasteiger partial charge in [0.25, 0.3) is 0 Å². The van der Waals surface area contributed by atoms with Crippen LogP contribution in [0.25, 0.3) is 0 Å². The molecule has 2 aliphatic rings. The first-order valence-electron chi connectivity index (χ1n) is 5.69. The second kappa shape index (κ2) is 3.92. The Kier molecular flexibility index (Phi) is 2.41. The number of hydrogen-bond acceptors (Lipinski definition) is 5. The van der Waals surface area contributed by atoms with Gasteiger partial charge in [0, 0.05) is 13.1 Å². The van der Waals surface area contributed by atoms with E-state index in [0.29, 0.717) is 18.0 Å². The van der Waals surface area contributed by atoms with Crippen LogP contribution in [0, 0.1) is 0 Å². The Balaban J connectivity index is 1.81. The minimum Gasteiger partial charge on any atom is -0.371 e. The van der Waals surface area contributed by atoms with E-state index in [4.69, 9.17) is 10.6 Å². The van der Waals surface area contributed by atoms with Crippen molar-refractivity contribution >= 4 is 11.6 Å². The Labute approximate surface area is 94.6 Å². The van der Waals surface area contributed by atoms with E-state index in [1.54, 1.807) is 0 Å². The zero-order chi connectivity index (χ0) is 11.0. The number of morpholine rings is 1. The normalized spacial score (nSPS) is 28.2. The number of rotatable bonds is 2. The summed E-state index contributed by atoms with van der Waals surface area (Å²) in [5.74, 6) is 7.05. The van der Waals surface area contributed by atoms with Crippen molar-refractivity contribution in [2.45, 2.75) is 25.0 Å². The number of ether oxygens (including phenoxy) is 1. The van der Waals surface area contributed by atoms with Gasteiger partial charge in [-0.1, -0.05) is 6.07 Å². The lowest BCUT2D eigenvalue weighted by Crippen LogP contribution is -2.43. The minimum atomic E-state index is 0.384. The molecule has 3 N–H and O–H groups in total. The number of anilines is 2. The fourth-order valence-electron chi connectivity index (χ4n) is 2.48. The Morgan fingerprint density at radius 2 is 2.06 bits per heavy atom. The topological polar surface area (TPSA) is 63.4 Å². The predicted octanol–water partition coefficient (Wildman–Crippen LogP) is 0.735. The molecule has 1 aromatic heterocycles. The van der Waals surface area contributed by atoms with Gasteiger partial charge in [-0.2, -0.15) is 0 Å². The zero-order valence-corrected chi connectivity index (χ0v) is 9.10. The second-order valence-corrected chi connectivity index (χ2v) is 4.39. The summed E-state index contributed by atoms with van der Waals surface area (Å²) in [6.07, 6.45) is 3.12. The van der Waals surface area contributed by atoms with Crippen LogP contribution < -0.4 is 16.2 Å². The summed E-state index contributed by atoms with van der Waals surface area (Å²) in [4.78, 5) is 6.73. The smallest absolute Gasteiger partial charge is 0.142 e. The van der Waals surface area contributed by atoms with E-state index in [1.807, 2.05) is 18.2 Å². The van der Waals surface area contributed by atoms with Gasteiger partial charge in [0.1, 0.15) is 11.6 Å². The lowest BCUT2D eigenvalue weighted by atomic mass is 10.2. The van der Waals surface area contributed by atoms with Gasteiger partial charge >= 0.3 is 0 Å². The van der Waals surface area contributed by atoms with Crippen LogP contribution in [0.15, 0.2) is 18.2 Å². The van der Waals surface area contributed by atoms with Crippen molar-refractivity contribution in [2.75, 3.05) is 23.4 Å². The van der Waals surface area contributed by atoms with Gasteiger partial charge in [0.15, 0.2) is 0 Å². The SMILES string of the molecule is NNc1cccc(N2CC3CCC(C2)O3)n1. The minimum absolute atomic E-state index is 0.384. The molecule has 86 valence electrons. The summed E-state index contributed by atoms with van der Waals surface area (Å²) < 4.78 is 5.80. The lowest BCUT2D eigenvalue weighted by Gasteiger charge is -2.33. The third-order valence-corrected chi connectivity index (χ3v) is 3.25. The molecule has 0 aliphatic carbocycles. The van der Waals surface area contributed by atoms with Crippen molar-refractivity contribution in [2.24, 2.45) is 5.84 Å². The van der Waals surface area contributed by atoms with Gasteiger partial charge in [-0.25, -0.2) is 10.8 Å². The van der Waals surface area contributed by atoms with Gasteiger partial charge < -0.3 is 15.1 Å². The standard InChI is InChI=1S/C11H16N4O/c12-14-10-2-1-3-11(13-10)15-6-8-4-5-9(7-15)16-8/h1-3,8-9H,4-7,12H2,(H,13,14). The van der Waals surface area contributed by atoms with Gasteiger partial charge in [-0.3, -0.25) is 0 Å². The summed E-state index contributed by atoms with van der Waals surface area (Å²) in [6.45, 7) is 1.88.